The third kappa shape index (κ3) is 2.95. The van der Waals surface area contributed by atoms with Crippen molar-refractivity contribution in [3.63, 3.8) is 0 Å². The van der Waals surface area contributed by atoms with E-state index in [4.69, 9.17) is 11.6 Å². The fraction of sp³-hybridized carbons (Fsp3) is 0.273. The summed E-state index contributed by atoms with van der Waals surface area (Å²) in [5, 5.41) is 8.49. The zero-order chi connectivity index (χ0) is 21.5. The Hall–Kier alpha value is -4.06. The van der Waals surface area contributed by atoms with Crippen LogP contribution in [0, 0.1) is 6.57 Å². The topological polar surface area (TPSA) is 81.9 Å². The maximum absolute atomic E-state index is 7.15. The molecule has 1 atom stereocenters. The molecule has 0 unspecified atom stereocenters. The number of anilines is 1. The van der Waals surface area contributed by atoms with Gasteiger partial charge in [0.25, 0.3) is 0 Å². The lowest BCUT2D eigenvalue weighted by molar-refractivity contribution is 0.497. The highest BCUT2D eigenvalue weighted by molar-refractivity contribution is 5.64. The number of fused-ring (bicyclic) bond motifs is 3. The molecule has 1 aromatic carbocycles. The van der Waals surface area contributed by atoms with E-state index in [1.807, 2.05) is 33.7 Å². The van der Waals surface area contributed by atoms with Gasteiger partial charge in [-0.25, -0.2) is 14.8 Å². The second-order valence-corrected chi connectivity index (χ2v) is 7.64. The predicted octanol–water partition coefficient (Wildman–Crippen LogP) is 4.14. The molecule has 1 aliphatic heterocycles. The standard InChI is InChI=1S/C22H21N9/c1-5-17-21-28-26-13-30(21)18-12-25-22(27-20(18)31(17)14(2)3)29-11-10-24-19(29)15-6-8-16(23-4)9-7-15/h6-14,17H,5H2,1-3H3/t17-/m1/s1. The lowest BCUT2D eigenvalue weighted by atomic mass is 10.1. The average Bonchev–Trinajstić information content (AvgIpc) is 3.47. The Morgan fingerprint density at radius 1 is 1.13 bits per heavy atom. The van der Waals surface area contributed by atoms with E-state index >= 15 is 0 Å². The van der Waals surface area contributed by atoms with Gasteiger partial charge in [-0.1, -0.05) is 31.2 Å². The zero-order valence-corrected chi connectivity index (χ0v) is 17.5. The van der Waals surface area contributed by atoms with Gasteiger partial charge in [0.15, 0.2) is 17.3 Å². The second-order valence-electron chi connectivity index (χ2n) is 7.64. The Kier molecular flexibility index (Phi) is 4.47. The first-order chi connectivity index (χ1) is 15.1. The molecule has 0 bridgehead atoms. The van der Waals surface area contributed by atoms with Gasteiger partial charge in [-0.3, -0.25) is 9.13 Å². The van der Waals surface area contributed by atoms with Crippen LogP contribution in [0.4, 0.5) is 11.5 Å². The molecule has 0 fully saturated rings. The van der Waals surface area contributed by atoms with Gasteiger partial charge in [-0.2, -0.15) is 4.98 Å². The first-order valence-electron chi connectivity index (χ1n) is 10.2. The molecule has 0 amide bonds. The molecule has 31 heavy (non-hydrogen) atoms. The maximum atomic E-state index is 7.15. The third-order valence-electron chi connectivity index (χ3n) is 5.50. The third-order valence-corrected chi connectivity index (χ3v) is 5.50. The molecular formula is C22H21N9. The molecule has 4 aromatic rings. The van der Waals surface area contributed by atoms with E-state index in [9.17, 15) is 0 Å². The molecule has 0 aliphatic carbocycles. The van der Waals surface area contributed by atoms with Gasteiger partial charge in [0.1, 0.15) is 17.8 Å². The fourth-order valence-corrected chi connectivity index (χ4v) is 4.11. The van der Waals surface area contributed by atoms with Crippen molar-refractivity contribution in [1.82, 2.24) is 34.3 Å². The summed E-state index contributed by atoms with van der Waals surface area (Å²) in [6, 6.07) is 7.66. The summed E-state index contributed by atoms with van der Waals surface area (Å²) >= 11 is 0. The quantitative estimate of drug-likeness (QED) is 0.470. The number of rotatable bonds is 4. The van der Waals surface area contributed by atoms with Crippen LogP contribution in [0.25, 0.3) is 27.9 Å². The molecule has 0 saturated heterocycles. The molecule has 0 spiro atoms. The van der Waals surface area contributed by atoms with E-state index in [1.165, 1.54) is 0 Å². The van der Waals surface area contributed by atoms with Crippen LogP contribution < -0.4 is 4.90 Å². The molecule has 4 heterocycles. The second kappa shape index (κ2) is 7.32. The SMILES string of the molecule is [C-]#[N+]c1ccc(-c2nccn2-c2ncc3c(n2)N(C(C)C)[C@H](CC)c2nncn2-3)cc1. The molecule has 5 rings (SSSR count). The number of benzene rings is 1. The number of hydrogen-bond acceptors (Lipinski definition) is 6. The van der Waals surface area contributed by atoms with Crippen molar-refractivity contribution in [2.45, 2.75) is 39.3 Å². The zero-order valence-electron chi connectivity index (χ0n) is 17.5. The summed E-state index contributed by atoms with van der Waals surface area (Å²) < 4.78 is 3.85. The first kappa shape index (κ1) is 18.9. The van der Waals surface area contributed by atoms with E-state index in [2.05, 4.69) is 50.7 Å². The van der Waals surface area contributed by atoms with Gasteiger partial charge >= 0.3 is 0 Å². The van der Waals surface area contributed by atoms with Crippen LogP contribution in [0.15, 0.2) is 49.2 Å². The minimum atomic E-state index is 0.0844. The van der Waals surface area contributed by atoms with Crippen LogP contribution in [0.2, 0.25) is 0 Å². The van der Waals surface area contributed by atoms with Crippen molar-refractivity contribution in [1.29, 1.82) is 0 Å². The van der Waals surface area contributed by atoms with Crippen molar-refractivity contribution >= 4 is 11.5 Å². The summed E-state index contributed by atoms with van der Waals surface area (Å²) in [6.45, 7) is 13.6. The minimum Gasteiger partial charge on any atom is -0.342 e. The lowest BCUT2D eigenvalue weighted by Crippen LogP contribution is -2.40. The number of nitrogens with zero attached hydrogens (tertiary/aromatic N) is 9. The van der Waals surface area contributed by atoms with Crippen LogP contribution in [-0.4, -0.2) is 40.3 Å². The highest BCUT2D eigenvalue weighted by atomic mass is 15.4. The van der Waals surface area contributed by atoms with Crippen molar-refractivity contribution in [2.24, 2.45) is 0 Å². The van der Waals surface area contributed by atoms with Crippen LogP contribution in [-0.2, 0) is 0 Å². The van der Waals surface area contributed by atoms with E-state index < -0.39 is 0 Å². The monoisotopic (exact) mass is 411 g/mol. The average molecular weight is 411 g/mol. The Morgan fingerprint density at radius 2 is 1.94 bits per heavy atom. The highest BCUT2D eigenvalue weighted by Gasteiger charge is 2.35. The van der Waals surface area contributed by atoms with E-state index in [0.717, 1.165) is 35.1 Å². The first-order valence-corrected chi connectivity index (χ1v) is 10.2. The molecule has 3 aromatic heterocycles. The minimum absolute atomic E-state index is 0.0844. The molecule has 0 radical (unpaired) electrons. The van der Waals surface area contributed by atoms with Gasteiger partial charge in [-0.05, 0) is 20.3 Å². The van der Waals surface area contributed by atoms with Crippen LogP contribution in [0.3, 0.4) is 0 Å². The van der Waals surface area contributed by atoms with Crippen LogP contribution in [0.5, 0.6) is 0 Å². The number of aromatic nitrogens is 7. The summed E-state index contributed by atoms with van der Waals surface area (Å²) in [5.41, 5.74) is 2.35. The molecule has 154 valence electrons. The maximum Gasteiger partial charge on any atom is 0.237 e. The van der Waals surface area contributed by atoms with Gasteiger partial charge in [0.05, 0.1) is 18.8 Å². The van der Waals surface area contributed by atoms with Crippen LogP contribution >= 0.6 is 0 Å². The molecule has 1 aliphatic rings. The van der Waals surface area contributed by atoms with E-state index in [0.29, 0.717) is 11.6 Å². The molecule has 9 nitrogen and oxygen atoms in total. The predicted molar refractivity (Wildman–Crippen MR) is 116 cm³/mol. The fourth-order valence-electron chi connectivity index (χ4n) is 4.11. The normalized spacial score (nSPS) is 14.9. The van der Waals surface area contributed by atoms with Gasteiger partial charge in [0.2, 0.25) is 5.95 Å². The highest BCUT2D eigenvalue weighted by Crippen LogP contribution is 2.39. The Bertz CT molecular complexity index is 1280. The summed E-state index contributed by atoms with van der Waals surface area (Å²) in [6.07, 6.45) is 8.01. The summed E-state index contributed by atoms with van der Waals surface area (Å²) in [7, 11) is 0. The van der Waals surface area contributed by atoms with E-state index in [1.54, 1.807) is 24.7 Å². The smallest absolute Gasteiger partial charge is 0.237 e. The van der Waals surface area contributed by atoms with Gasteiger partial charge in [-0.15, -0.1) is 10.2 Å². The molecule has 0 saturated carbocycles. The Balaban J connectivity index is 1.64. The molecule has 0 N–H and O–H groups in total. The van der Waals surface area contributed by atoms with Crippen LogP contribution in [0.1, 0.15) is 39.1 Å². The van der Waals surface area contributed by atoms with Crippen molar-refractivity contribution < 1.29 is 0 Å². The summed E-state index contributed by atoms with van der Waals surface area (Å²) in [5.74, 6) is 3.02. The Morgan fingerprint density at radius 3 is 2.65 bits per heavy atom. The van der Waals surface area contributed by atoms with Crippen molar-refractivity contribution in [3.05, 3.63) is 66.4 Å². The summed E-state index contributed by atoms with van der Waals surface area (Å²) in [4.78, 5) is 19.9. The van der Waals surface area contributed by atoms with Crippen molar-refractivity contribution in [2.75, 3.05) is 4.90 Å². The Labute approximate surface area is 179 Å². The van der Waals surface area contributed by atoms with E-state index in [-0.39, 0.29) is 12.1 Å². The molecular weight excluding hydrogens is 390 g/mol. The van der Waals surface area contributed by atoms with Crippen molar-refractivity contribution in [3.8, 4) is 23.0 Å². The van der Waals surface area contributed by atoms with Gasteiger partial charge in [0, 0.05) is 24.0 Å². The number of hydrogen-bond donors (Lipinski definition) is 0. The largest absolute Gasteiger partial charge is 0.342 e. The lowest BCUT2D eigenvalue weighted by Gasteiger charge is -2.39. The molecule has 9 heteroatoms. The number of imidazole rings is 1. The van der Waals surface area contributed by atoms with Gasteiger partial charge < -0.3 is 4.90 Å².